The van der Waals surface area contributed by atoms with Crippen LogP contribution in [0.2, 0.25) is 0 Å². The first-order valence-electron chi connectivity index (χ1n) is 11.0. The van der Waals surface area contributed by atoms with E-state index in [0.29, 0.717) is 25.7 Å². The first kappa shape index (κ1) is 23.7. The largest absolute Gasteiger partial charge is 0.490 e. The van der Waals surface area contributed by atoms with Crippen LogP contribution >= 0.6 is 24.0 Å². The van der Waals surface area contributed by atoms with E-state index in [1.54, 1.807) is 0 Å². The van der Waals surface area contributed by atoms with Gasteiger partial charge in [-0.15, -0.1) is 24.0 Å². The fourth-order valence-electron chi connectivity index (χ4n) is 3.91. The number of benzene rings is 2. The predicted molar refractivity (Wildman–Crippen MR) is 137 cm³/mol. The van der Waals surface area contributed by atoms with Crippen molar-refractivity contribution in [2.45, 2.75) is 45.2 Å². The molecule has 0 amide bonds. The van der Waals surface area contributed by atoms with Gasteiger partial charge in [0.25, 0.3) is 0 Å². The van der Waals surface area contributed by atoms with E-state index in [4.69, 9.17) is 15.2 Å². The predicted octanol–water partition coefficient (Wildman–Crippen LogP) is 4.77. The lowest BCUT2D eigenvalue weighted by atomic mass is 10.1. The number of guanidine groups is 1. The normalized spacial score (nSPS) is 17.2. The molecule has 0 aromatic heterocycles. The SMILES string of the molecule is I.NC(=NCc1ccc(CN2CCCCCC2)cc1)Nc1ccc2c(c1)OCCCO2. The van der Waals surface area contributed by atoms with E-state index in [-0.39, 0.29) is 24.0 Å². The molecule has 0 bridgehead atoms. The summed E-state index contributed by atoms with van der Waals surface area (Å²) < 4.78 is 11.4. The van der Waals surface area contributed by atoms with Crippen LogP contribution in [0.25, 0.3) is 0 Å². The molecular weight excluding hydrogens is 503 g/mol. The van der Waals surface area contributed by atoms with Gasteiger partial charge in [0.1, 0.15) is 0 Å². The Hall–Kier alpha value is -2.00. The number of rotatable bonds is 5. The summed E-state index contributed by atoms with van der Waals surface area (Å²) in [7, 11) is 0. The number of nitrogens with zero attached hydrogens (tertiary/aromatic N) is 2. The minimum Gasteiger partial charge on any atom is -0.490 e. The van der Waals surface area contributed by atoms with Crippen molar-refractivity contribution >= 4 is 35.6 Å². The Morgan fingerprint density at radius 2 is 1.55 bits per heavy atom. The number of nitrogens with two attached hydrogens (primary N) is 1. The molecule has 31 heavy (non-hydrogen) atoms. The maximum absolute atomic E-state index is 6.09. The third-order valence-corrected chi connectivity index (χ3v) is 5.58. The molecule has 2 aliphatic rings. The highest BCUT2D eigenvalue weighted by molar-refractivity contribution is 14.0. The fraction of sp³-hybridized carbons (Fsp3) is 0.458. The van der Waals surface area contributed by atoms with Crippen LogP contribution in [0, 0.1) is 0 Å². The van der Waals surface area contributed by atoms with Gasteiger partial charge >= 0.3 is 0 Å². The Morgan fingerprint density at radius 3 is 2.29 bits per heavy atom. The van der Waals surface area contributed by atoms with Gasteiger partial charge in [-0.3, -0.25) is 4.90 Å². The summed E-state index contributed by atoms with van der Waals surface area (Å²) in [6.07, 6.45) is 6.27. The van der Waals surface area contributed by atoms with E-state index < -0.39 is 0 Å². The molecule has 1 fully saturated rings. The summed E-state index contributed by atoms with van der Waals surface area (Å²) in [5, 5.41) is 3.14. The summed E-state index contributed by atoms with van der Waals surface area (Å²) >= 11 is 0. The standard InChI is InChI=1S/C24H32N4O2.HI/c25-24(27-21-10-11-22-23(16-21)30-15-5-14-29-22)26-17-19-6-8-20(9-7-19)18-28-12-3-1-2-4-13-28;/h6-11,16H,1-5,12-15,17-18H2,(H3,25,26,27);1H. The molecule has 2 aliphatic heterocycles. The number of ether oxygens (including phenoxy) is 2. The number of hydrogen-bond acceptors (Lipinski definition) is 4. The second-order valence-electron chi connectivity index (χ2n) is 8.05. The minimum atomic E-state index is 0. The maximum Gasteiger partial charge on any atom is 0.193 e. The number of nitrogens with one attached hydrogen (secondary N) is 1. The Balaban J connectivity index is 0.00000272. The lowest BCUT2D eigenvalue weighted by Gasteiger charge is -2.19. The Labute approximate surface area is 202 Å². The van der Waals surface area contributed by atoms with Crippen LogP contribution in [0.5, 0.6) is 11.5 Å². The van der Waals surface area contributed by atoms with Crippen LogP contribution in [0.1, 0.15) is 43.2 Å². The van der Waals surface area contributed by atoms with Crippen LogP contribution in [0.15, 0.2) is 47.5 Å². The van der Waals surface area contributed by atoms with Crippen LogP contribution in [0.4, 0.5) is 5.69 Å². The van der Waals surface area contributed by atoms with E-state index in [1.807, 2.05) is 18.2 Å². The molecular formula is C24H33IN4O2. The summed E-state index contributed by atoms with van der Waals surface area (Å²) in [6, 6.07) is 14.5. The molecule has 0 aliphatic carbocycles. The van der Waals surface area contributed by atoms with Crippen molar-refractivity contribution in [2.75, 3.05) is 31.6 Å². The van der Waals surface area contributed by atoms with E-state index in [2.05, 4.69) is 39.5 Å². The summed E-state index contributed by atoms with van der Waals surface area (Å²) in [5.41, 5.74) is 9.44. The number of likely N-dealkylation sites (tertiary alicyclic amines) is 1. The molecule has 0 unspecified atom stereocenters. The molecule has 7 heteroatoms. The van der Waals surface area contributed by atoms with E-state index in [1.165, 1.54) is 44.3 Å². The lowest BCUT2D eigenvalue weighted by Crippen LogP contribution is -2.23. The molecule has 6 nitrogen and oxygen atoms in total. The molecule has 3 N–H and O–H groups in total. The molecule has 0 radical (unpaired) electrons. The lowest BCUT2D eigenvalue weighted by molar-refractivity contribution is 0.277. The van der Waals surface area contributed by atoms with E-state index in [0.717, 1.165) is 35.7 Å². The number of aliphatic imine (C=N–C) groups is 1. The van der Waals surface area contributed by atoms with Gasteiger partial charge in [-0.05, 0) is 49.2 Å². The molecule has 0 saturated carbocycles. The molecule has 2 aromatic carbocycles. The monoisotopic (exact) mass is 536 g/mol. The quantitative estimate of drug-likeness (QED) is 0.328. The number of hydrogen-bond donors (Lipinski definition) is 2. The first-order chi connectivity index (χ1) is 14.8. The molecule has 0 atom stereocenters. The van der Waals surface area contributed by atoms with Gasteiger partial charge in [-0.25, -0.2) is 4.99 Å². The highest BCUT2D eigenvalue weighted by Crippen LogP contribution is 2.32. The van der Waals surface area contributed by atoms with Gasteiger partial charge in [0, 0.05) is 24.7 Å². The summed E-state index contributed by atoms with van der Waals surface area (Å²) in [6.45, 7) is 5.36. The fourth-order valence-corrected chi connectivity index (χ4v) is 3.91. The van der Waals surface area contributed by atoms with E-state index in [9.17, 15) is 0 Å². The zero-order chi connectivity index (χ0) is 20.6. The smallest absolute Gasteiger partial charge is 0.193 e. The average molecular weight is 536 g/mol. The van der Waals surface area contributed by atoms with Crippen molar-refractivity contribution in [1.29, 1.82) is 0 Å². The van der Waals surface area contributed by atoms with Crippen molar-refractivity contribution in [2.24, 2.45) is 10.7 Å². The Bertz CT molecular complexity index is 849. The molecule has 0 spiro atoms. The van der Waals surface area contributed by atoms with Gasteiger partial charge in [0.05, 0.1) is 19.8 Å². The molecule has 2 heterocycles. The van der Waals surface area contributed by atoms with E-state index >= 15 is 0 Å². The van der Waals surface area contributed by atoms with Crippen LogP contribution in [-0.4, -0.2) is 37.2 Å². The topological polar surface area (TPSA) is 72.1 Å². The van der Waals surface area contributed by atoms with Gasteiger partial charge in [-0.1, -0.05) is 37.1 Å². The zero-order valence-electron chi connectivity index (χ0n) is 18.0. The number of anilines is 1. The van der Waals surface area contributed by atoms with Gasteiger partial charge in [-0.2, -0.15) is 0 Å². The van der Waals surface area contributed by atoms with Crippen molar-refractivity contribution in [3.63, 3.8) is 0 Å². The van der Waals surface area contributed by atoms with Gasteiger partial charge < -0.3 is 20.5 Å². The van der Waals surface area contributed by atoms with Crippen LogP contribution < -0.4 is 20.5 Å². The van der Waals surface area contributed by atoms with Crippen LogP contribution in [-0.2, 0) is 13.1 Å². The zero-order valence-corrected chi connectivity index (χ0v) is 20.3. The minimum absolute atomic E-state index is 0. The highest BCUT2D eigenvalue weighted by atomic mass is 127. The van der Waals surface area contributed by atoms with Gasteiger partial charge in [0.15, 0.2) is 17.5 Å². The molecule has 4 rings (SSSR count). The third-order valence-electron chi connectivity index (χ3n) is 5.58. The van der Waals surface area contributed by atoms with Crippen molar-refractivity contribution in [1.82, 2.24) is 4.90 Å². The second kappa shape index (κ2) is 12.1. The summed E-state index contributed by atoms with van der Waals surface area (Å²) in [5.74, 6) is 1.90. The molecule has 1 saturated heterocycles. The average Bonchev–Trinajstić information content (AvgIpc) is 3.16. The van der Waals surface area contributed by atoms with Crippen LogP contribution in [0.3, 0.4) is 0 Å². The Kier molecular flexibility index (Phi) is 9.27. The first-order valence-corrected chi connectivity index (χ1v) is 11.0. The molecule has 2 aromatic rings. The number of fused-ring (bicyclic) bond motifs is 1. The number of halogens is 1. The summed E-state index contributed by atoms with van der Waals surface area (Å²) in [4.78, 5) is 7.05. The van der Waals surface area contributed by atoms with Gasteiger partial charge in [0.2, 0.25) is 0 Å². The maximum atomic E-state index is 6.09. The third kappa shape index (κ3) is 7.28. The van der Waals surface area contributed by atoms with Crippen molar-refractivity contribution < 1.29 is 9.47 Å². The van der Waals surface area contributed by atoms with Crippen molar-refractivity contribution in [3.8, 4) is 11.5 Å². The molecule has 168 valence electrons. The second-order valence-corrected chi connectivity index (χ2v) is 8.05. The highest BCUT2D eigenvalue weighted by Gasteiger charge is 2.11. The Morgan fingerprint density at radius 1 is 0.871 bits per heavy atom. The van der Waals surface area contributed by atoms with Crippen molar-refractivity contribution in [3.05, 3.63) is 53.6 Å².